The maximum Gasteiger partial charge on any atom is 0.417 e. The van der Waals surface area contributed by atoms with Crippen LogP contribution < -0.4 is 19.7 Å². The van der Waals surface area contributed by atoms with E-state index in [4.69, 9.17) is 9.47 Å². The summed E-state index contributed by atoms with van der Waals surface area (Å²) in [6, 6.07) is 7.54. The fourth-order valence-electron chi connectivity index (χ4n) is 3.17. The summed E-state index contributed by atoms with van der Waals surface area (Å²) in [7, 11) is 3.06. The van der Waals surface area contributed by atoms with E-state index in [0.717, 1.165) is 12.3 Å². The largest absolute Gasteiger partial charge is 0.497 e. The van der Waals surface area contributed by atoms with Crippen molar-refractivity contribution in [3.63, 3.8) is 0 Å². The number of benzene rings is 1. The molecule has 1 fully saturated rings. The first-order chi connectivity index (χ1) is 14.3. The molecule has 2 aromatic rings. The Morgan fingerprint density at radius 2 is 1.83 bits per heavy atom. The molecule has 1 aromatic heterocycles. The molecule has 0 radical (unpaired) electrons. The number of nitrogens with one attached hydrogen (secondary N) is 1. The van der Waals surface area contributed by atoms with Crippen molar-refractivity contribution in [1.82, 2.24) is 9.88 Å². The summed E-state index contributed by atoms with van der Waals surface area (Å²) in [6.07, 6.45) is -3.55. The zero-order valence-corrected chi connectivity index (χ0v) is 16.7. The smallest absolute Gasteiger partial charge is 0.417 e. The van der Waals surface area contributed by atoms with Crippen molar-refractivity contribution < 1.29 is 27.4 Å². The number of alkyl halides is 3. The maximum atomic E-state index is 12.7. The summed E-state index contributed by atoms with van der Waals surface area (Å²) in [6.45, 7) is 2.52. The van der Waals surface area contributed by atoms with Gasteiger partial charge < -0.3 is 19.7 Å². The highest BCUT2D eigenvalue weighted by molar-refractivity contribution is 5.93. The van der Waals surface area contributed by atoms with Crippen molar-refractivity contribution in [2.45, 2.75) is 6.18 Å². The highest BCUT2D eigenvalue weighted by atomic mass is 19.4. The van der Waals surface area contributed by atoms with Gasteiger partial charge in [-0.15, -0.1) is 0 Å². The van der Waals surface area contributed by atoms with Crippen molar-refractivity contribution in [2.75, 3.05) is 57.2 Å². The lowest BCUT2D eigenvalue weighted by molar-refractivity contribution is -0.137. The van der Waals surface area contributed by atoms with Crippen molar-refractivity contribution in [1.29, 1.82) is 0 Å². The predicted octanol–water partition coefficient (Wildman–Crippen LogP) is 2.88. The van der Waals surface area contributed by atoms with Gasteiger partial charge in [0.2, 0.25) is 5.91 Å². The number of aromatic nitrogens is 1. The Morgan fingerprint density at radius 1 is 1.10 bits per heavy atom. The van der Waals surface area contributed by atoms with Gasteiger partial charge in [0.15, 0.2) is 0 Å². The van der Waals surface area contributed by atoms with Crippen LogP contribution in [0.25, 0.3) is 0 Å². The van der Waals surface area contributed by atoms with Crippen LogP contribution in [0.5, 0.6) is 11.5 Å². The second kappa shape index (κ2) is 9.21. The minimum atomic E-state index is -4.40. The first kappa shape index (κ1) is 21.7. The summed E-state index contributed by atoms with van der Waals surface area (Å²) in [5, 5.41) is 2.83. The quantitative estimate of drug-likeness (QED) is 0.769. The van der Waals surface area contributed by atoms with Crippen LogP contribution in [-0.4, -0.2) is 62.7 Å². The number of rotatable bonds is 6. The number of anilines is 2. The van der Waals surface area contributed by atoms with Crippen LogP contribution in [-0.2, 0) is 11.0 Å². The number of hydrogen-bond acceptors (Lipinski definition) is 6. The third-order valence-corrected chi connectivity index (χ3v) is 4.82. The van der Waals surface area contributed by atoms with Crippen molar-refractivity contribution >= 4 is 17.4 Å². The molecule has 1 N–H and O–H groups in total. The Morgan fingerprint density at radius 3 is 2.40 bits per heavy atom. The summed E-state index contributed by atoms with van der Waals surface area (Å²) in [5.74, 6) is 1.44. The maximum absolute atomic E-state index is 12.7. The summed E-state index contributed by atoms with van der Waals surface area (Å²) < 4.78 is 48.4. The molecule has 1 amide bonds. The molecule has 10 heteroatoms. The van der Waals surface area contributed by atoms with E-state index in [0.29, 0.717) is 49.2 Å². The number of nitrogens with zero attached hydrogens (tertiary/aromatic N) is 3. The molecular weight excluding hydrogens is 401 g/mol. The number of piperazine rings is 1. The van der Waals surface area contributed by atoms with Gasteiger partial charge in [-0.1, -0.05) is 0 Å². The fourth-order valence-corrected chi connectivity index (χ4v) is 3.17. The average molecular weight is 424 g/mol. The van der Waals surface area contributed by atoms with Gasteiger partial charge in [0.1, 0.15) is 17.3 Å². The number of carbonyl (C=O) groups is 1. The third kappa shape index (κ3) is 5.32. The van der Waals surface area contributed by atoms with Gasteiger partial charge >= 0.3 is 6.18 Å². The average Bonchev–Trinajstić information content (AvgIpc) is 2.74. The van der Waals surface area contributed by atoms with Gasteiger partial charge in [0, 0.05) is 38.4 Å². The van der Waals surface area contributed by atoms with Crippen LogP contribution in [0.3, 0.4) is 0 Å². The Kier molecular flexibility index (Phi) is 6.66. The van der Waals surface area contributed by atoms with Gasteiger partial charge in [-0.05, 0) is 24.3 Å². The van der Waals surface area contributed by atoms with Crippen LogP contribution in [0.1, 0.15) is 5.56 Å². The lowest BCUT2D eigenvalue weighted by Gasteiger charge is -2.35. The lowest BCUT2D eigenvalue weighted by atomic mass is 10.2. The number of methoxy groups -OCH3 is 2. The molecule has 0 saturated carbocycles. The van der Waals surface area contributed by atoms with E-state index in [2.05, 4.69) is 10.3 Å². The lowest BCUT2D eigenvalue weighted by Crippen LogP contribution is -2.49. The van der Waals surface area contributed by atoms with Gasteiger partial charge in [-0.2, -0.15) is 13.2 Å². The van der Waals surface area contributed by atoms with Gasteiger partial charge in [0.05, 0.1) is 32.0 Å². The molecule has 3 rings (SSSR count). The molecule has 1 aliphatic rings. The highest BCUT2D eigenvalue weighted by Crippen LogP contribution is 2.30. The Hall–Kier alpha value is -3.01. The third-order valence-electron chi connectivity index (χ3n) is 4.82. The second-order valence-corrected chi connectivity index (χ2v) is 6.78. The zero-order chi connectivity index (χ0) is 21.7. The van der Waals surface area contributed by atoms with Crippen molar-refractivity contribution in [3.05, 3.63) is 42.1 Å². The molecule has 2 heterocycles. The van der Waals surface area contributed by atoms with E-state index in [-0.39, 0.29) is 12.5 Å². The van der Waals surface area contributed by atoms with Crippen LogP contribution in [0.2, 0.25) is 0 Å². The Balaban J connectivity index is 1.51. The Bertz CT molecular complexity index is 867. The number of pyridine rings is 1. The number of halogens is 3. The van der Waals surface area contributed by atoms with Crippen molar-refractivity contribution in [2.24, 2.45) is 0 Å². The Labute approximate surface area is 172 Å². The second-order valence-electron chi connectivity index (χ2n) is 6.78. The molecule has 0 atom stereocenters. The van der Waals surface area contributed by atoms with Crippen molar-refractivity contribution in [3.8, 4) is 11.5 Å². The minimum Gasteiger partial charge on any atom is -0.497 e. The number of hydrogen-bond donors (Lipinski definition) is 1. The molecule has 0 spiro atoms. The van der Waals surface area contributed by atoms with Gasteiger partial charge in [-0.3, -0.25) is 9.69 Å². The zero-order valence-electron chi connectivity index (χ0n) is 16.7. The van der Waals surface area contributed by atoms with E-state index >= 15 is 0 Å². The highest BCUT2D eigenvalue weighted by Gasteiger charge is 2.31. The predicted molar refractivity (Wildman–Crippen MR) is 106 cm³/mol. The summed E-state index contributed by atoms with van der Waals surface area (Å²) in [5.41, 5.74) is -0.216. The number of amides is 1. The minimum absolute atomic E-state index is 0.181. The van der Waals surface area contributed by atoms with Crippen LogP contribution in [0.15, 0.2) is 36.5 Å². The van der Waals surface area contributed by atoms with E-state index in [1.54, 1.807) is 25.3 Å². The monoisotopic (exact) mass is 424 g/mol. The standard InChI is InChI=1S/C20H23F3N4O3/c1-29-15-4-5-16(17(11-15)30-2)25-19(28)13-26-7-9-27(10-8-26)18-6-3-14(12-24-18)20(21,22)23/h3-6,11-12H,7-10,13H2,1-2H3,(H,25,28). The first-order valence-electron chi connectivity index (χ1n) is 9.32. The molecule has 1 saturated heterocycles. The molecule has 0 bridgehead atoms. The molecule has 0 unspecified atom stereocenters. The molecule has 1 aromatic carbocycles. The normalized spacial score (nSPS) is 15.0. The van der Waals surface area contributed by atoms with Gasteiger partial charge in [-0.25, -0.2) is 4.98 Å². The van der Waals surface area contributed by atoms with Crippen LogP contribution >= 0.6 is 0 Å². The molecule has 1 aliphatic heterocycles. The van der Waals surface area contributed by atoms with E-state index in [9.17, 15) is 18.0 Å². The van der Waals surface area contributed by atoms with Crippen LogP contribution in [0.4, 0.5) is 24.7 Å². The summed E-state index contributed by atoms with van der Waals surface area (Å²) in [4.78, 5) is 20.2. The number of ether oxygens (including phenoxy) is 2. The molecule has 0 aliphatic carbocycles. The number of carbonyl (C=O) groups excluding carboxylic acids is 1. The molecule has 7 nitrogen and oxygen atoms in total. The first-order valence-corrected chi connectivity index (χ1v) is 9.32. The molecular formula is C20H23F3N4O3. The van der Waals surface area contributed by atoms with E-state index in [1.165, 1.54) is 13.2 Å². The molecule has 162 valence electrons. The SMILES string of the molecule is COc1ccc(NC(=O)CN2CCN(c3ccc(C(F)(F)F)cn3)CC2)c(OC)c1. The van der Waals surface area contributed by atoms with Crippen LogP contribution in [0, 0.1) is 0 Å². The van der Waals surface area contributed by atoms with E-state index < -0.39 is 11.7 Å². The molecule has 30 heavy (non-hydrogen) atoms. The fraction of sp³-hybridized carbons (Fsp3) is 0.400. The van der Waals surface area contributed by atoms with Gasteiger partial charge in [0.25, 0.3) is 0 Å². The summed E-state index contributed by atoms with van der Waals surface area (Å²) >= 11 is 0. The topological polar surface area (TPSA) is 66.9 Å². The van der Waals surface area contributed by atoms with E-state index in [1.807, 2.05) is 9.80 Å².